The molecule has 0 saturated carbocycles. The molecule has 0 radical (unpaired) electrons. The fourth-order valence-electron chi connectivity index (χ4n) is 4.40. The van der Waals surface area contributed by atoms with Crippen LogP contribution in [0.5, 0.6) is 0 Å². The summed E-state index contributed by atoms with van der Waals surface area (Å²) < 4.78 is 60.1. The molecule has 2 unspecified atom stereocenters. The van der Waals surface area contributed by atoms with Gasteiger partial charge >= 0.3 is 17.6 Å². The van der Waals surface area contributed by atoms with Crippen molar-refractivity contribution in [2.75, 3.05) is 68.6 Å². The summed E-state index contributed by atoms with van der Waals surface area (Å²) in [6.45, 7) is 12.6. The zero-order valence-electron chi connectivity index (χ0n) is 23.8. The second-order valence-corrected chi connectivity index (χ2v) is 17.6. The molecule has 0 bridgehead atoms. The third-order valence-corrected chi connectivity index (χ3v) is 18.6. The molecule has 0 aliphatic heterocycles. The Bertz CT molecular complexity index is 469. The minimum Gasteiger partial charge on any atom is -0.377 e. The van der Waals surface area contributed by atoms with Gasteiger partial charge in [-0.1, -0.05) is 6.04 Å². The lowest BCUT2D eigenvalue weighted by molar-refractivity contribution is -0.0828. The summed E-state index contributed by atoms with van der Waals surface area (Å²) in [4.78, 5) is 0. The van der Waals surface area contributed by atoms with Crippen LogP contribution >= 0.6 is 0 Å². The molecule has 0 aliphatic rings. The van der Waals surface area contributed by atoms with E-state index < -0.39 is 36.6 Å². The van der Waals surface area contributed by atoms with E-state index >= 15 is 0 Å². The molecule has 35 heavy (non-hydrogen) atoms. The van der Waals surface area contributed by atoms with Gasteiger partial charge in [-0.2, -0.15) is 0 Å². The molecule has 2 atom stereocenters. The minimum atomic E-state index is -3.13. The summed E-state index contributed by atoms with van der Waals surface area (Å²) >= 11 is 0. The van der Waals surface area contributed by atoms with Crippen molar-refractivity contribution >= 4 is 36.6 Å². The fraction of sp³-hybridized carbons (Fsp3) is 1.00. The molecule has 212 valence electrons. The molecule has 0 aromatic rings. The maximum Gasteiger partial charge on any atom is 0.503 e. The van der Waals surface area contributed by atoms with Crippen LogP contribution in [0, 0.1) is 0 Å². The Morgan fingerprint density at radius 2 is 1.09 bits per heavy atom. The first-order valence-electron chi connectivity index (χ1n) is 12.7. The van der Waals surface area contributed by atoms with Crippen molar-refractivity contribution in [1.82, 2.24) is 0 Å². The topological polar surface area (TPSA) is 92.3 Å². The van der Waals surface area contributed by atoms with Crippen LogP contribution in [0.3, 0.4) is 0 Å². The van der Waals surface area contributed by atoms with Gasteiger partial charge in [0.05, 0.1) is 19.0 Å². The molecule has 14 heteroatoms. The lowest BCUT2D eigenvalue weighted by Crippen LogP contribution is -2.55. The number of hydrogen-bond acceptors (Lipinski definition) is 10. The van der Waals surface area contributed by atoms with E-state index in [-0.39, 0.29) is 22.9 Å². The highest BCUT2D eigenvalue weighted by molar-refractivity contribution is 6.67. The van der Waals surface area contributed by atoms with Crippen molar-refractivity contribution in [2.45, 2.75) is 69.6 Å². The molecule has 0 amide bonds. The quantitative estimate of drug-likeness (QED) is 0.125. The second-order valence-electron chi connectivity index (χ2n) is 7.82. The van der Waals surface area contributed by atoms with Gasteiger partial charge in [-0.05, 0) is 40.2 Å². The van der Waals surface area contributed by atoms with Gasteiger partial charge in [0.15, 0.2) is 0 Å². The van der Waals surface area contributed by atoms with E-state index in [4.69, 9.17) is 45.5 Å². The van der Waals surface area contributed by atoms with Crippen LogP contribution < -0.4 is 0 Å². The highest BCUT2D eigenvalue weighted by Crippen LogP contribution is 2.45. The summed E-state index contributed by atoms with van der Waals surface area (Å²) in [6.07, 6.45) is 0. The molecular formula is C21H52O10Si4. The van der Waals surface area contributed by atoms with Gasteiger partial charge in [0.1, 0.15) is 11.8 Å². The van der Waals surface area contributed by atoms with Gasteiger partial charge in [-0.3, -0.25) is 0 Å². The van der Waals surface area contributed by atoms with Crippen LogP contribution in [0.1, 0.15) is 34.6 Å². The summed E-state index contributed by atoms with van der Waals surface area (Å²) in [6, 6.07) is 1.46. The standard InChI is InChI=1S/C21H52O10Si4/c1-11-27-21(28-12-2)32-16-19(35(29-13-3,30-14-4)31-15-5)18(33-20(22-6)23-7)17-34(24-8,25-9)26-10/h18-21H,11-17,32-33H2,1-10H3. The van der Waals surface area contributed by atoms with Crippen molar-refractivity contribution in [2.24, 2.45) is 0 Å². The van der Waals surface area contributed by atoms with Crippen molar-refractivity contribution in [1.29, 1.82) is 0 Å². The molecule has 0 heterocycles. The van der Waals surface area contributed by atoms with Gasteiger partial charge in [-0.15, -0.1) is 0 Å². The molecule has 0 aromatic carbocycles. The van der Waals surface area contributed by atoms with Crippen LogP contribution in [-0.4, -0.2) is 117 Å². The lowest BCUT2D eigenvalue weighted by atomic mass is 10.3. The maximum absolute atomic E-state index is 6.44. The lowest BCUT2D eigenvalue weighted by Gasteiger charge is -2.42. The third-order valence-electron chi connectivity index (χ3n) is 5.94. The summed E-state index contributed by atoms with van der Waals surface area (Å²) in [7, 11) is 0.331. The number of methoxy groups -OCH3 is 2. The molecule has 0 fully saturated rings. The Labute approximate surface area is 220 Å². The number of rotatable bonds is 24. The highest BCUT2D eigenvalue weighted by Gasteiger charge is 2.55. The highest BCUT2D eigenvalue weighted by atomic mass is 28.4. The molecule has 10 nitrogen and oxygen atoms in total. The molecule has 0 N–H and O–H groups in total. The summed E-state index contributed by atoms with van der Waals surface area (Å²) in [5.74, 6) is -0.464. The van der Waals surface area contributed by atoms with Crippen molar-refractivity contribution in [3.63, 3.8) is 0 Å². The Kier molecular flexibility index (Phi) is 20.7. The number of hydrogen-bond donors (Lipinski definition) is 0. The average molecular weight is 577 g/mol. The first-order valence-corrected chi connectivity index (χ1v) is 19.9. The normalized spacial score (nSPS) is 15.4. The minimum absolute atomic E-state index is 0.00998. The molecule has 0 aliphatic carbocycles. The number of ether oxygens (including phenoxy) is 4. The Hall–Kier alpha value is 0.468. The molecule has 0 aromatic heterocycles. The predicted octanol–water partition coefficient (Wildman–Crippen LogP) is 1.76. The third kappa shape index (κ3) is 11.8. The average Bonchev–Trinajstić information content (AvgIpc) is 2.86. The van der Waals surface area contributed by atoms with Crippen LogP contribution in [0.25, 0.3) is 0 Å². The molecule has 0 spiro atoms. The van der Waals surface area contributed by atoms with E-state index in [0.29, 0.717) is 39.1 Å². The molecule has 0 saturated heterocycles. The first-order chi connectivity index (χ1) is 16.8. The van der Waals surface area contributed by atoms with Crippen molar-refractivity contribution in [3.05, 3.63) is 0 Å². The van der Waals surface area contributed by atoms with E-state index in [9.17, 15) is 0 Å². The van der Waals surface area contributed by atoms with Crippen LogP contribution in [0.2, 0.25) is 23.2 Å². The second kappa shape index (κ2) is 20.4. The zero-order chi connectivity index (χ0) is 26.7. The van der Waals surface area contributed by atoms with Gasteiger partial charge in [0.2, 0.25) is 0 Å². The van der Waals surface area contributed by atoms with E-state index in [1.165, 1.54) is 0 Å². The SMILES string of the molecule is CCOC(OCC)[SiH2]CC(C(C[Si](OC)(OC)OC)[SiH2]C(OC)OC)[Si](OCC)(OCC)OCC. The summed E-state index contributed by atoms with van der Waals surface area (Å²) in [5, 5.41) is 0. The largest absolute Gasteiger partial charge is 0.503 e. The Morgan fingerprint density at radius 3 is 1.43 bits per heavy atom. The molecule has 0 rings (SSSR count). The Balaban J connectivity index is 6.58. The van der Waals surface area contributed by atoms with E-state index in [1.807, 2.05) is 34.6 Å². The van der Waals surface area contributed by atoms with Crippen LogP contribution in [-0.2, 0) is 45.5 Å². The van der Waals surface area contributed by atoms with Crippen molar-refractivity contribution < 1.29 is 45.5 Å². The Morgan fingerprint density at radius 1 is 0.629 bits per heavy atom. The maximum atomic E-state index is 6.44. The van der Waals surface area contributed by atoms with Crippen molar-refractivity contribution in [3.8, 4) is 0 Å². The fourth-order valence-corrected chi connectivity index (χ4v) is 18.1. The van der Waals surface area contributed by atoms with Gasteiger partial charge in [0, 0.05) is 80.2 Å². The smallest absolute Gasteiger partial charge is 0.377 e. The summed E-state index contributed by atoms with van der Waals surface area (Å²) in [5.41, 5.74) is 0.0864. The van der Waals surface area contributed by atoms with E-state index in [1.54, 1.807) is 35.5 Å². The molecular weight excluding hydrogens is 525 g/mol. The first kappa shape index (κ1) is 35.5. The predicted molar refractivity (Wildman–Crippen MR) is 146 cm³/mol. The van der Waals surface area contributed by atoms with Crippen LogP contribution in [0.15, 0.2) is 0 Å². The van der Waals surface area contributed by atoms with Gasteiger partial charge < -0.3 is 45.5 Å². The zero-order valence-corrected chi connectivity index (χ0v) is 28.6. The van der Waals surface area contributed by atoms with Gasteiger partial charge in [-0.25, -0.2) is 0 Å². The van der Waals surface area contributed by atoms with E-state index in [2.05, 4.69) is 0 Å². The monoisotopic (exact) mass is 576 g/mol. The van der Waals surface area contributed by atoms with E-state index in [0.717, 1.165) is 6.04 Å². The van der Waals surface area contributed by atoms with Crippen LogP contribution in [0.4, 0.5) is 0 Å². The van der Waals surface area contributed by atoms with Gasteiger partial charge in [0.25, 0.3) is 0 Å².